The maximum atomic E-state index is 5.72. The van der Waals surface area contributed by atoms with Crippen molar-refractivity contribution < 1.29 is 4.74 Å². The fraction of sp³-hybridized carbons (Fsp3) is 0.429. The van der Waals surface area contributed by atoms with Crippen LogP contribution in [0.3, 0.4) is 0 Å². The number of rotatable bonds is 8. The summed E-state index contributed by atoms with van der Waals surface area (Å²) in [4.78, 5) is 10.9. The number of nitrogens with one attached hydrogen (secondary N) is 1. The molecule has 1 aromatic heterocycles. The van der Waals surface area contributed by atoms with Crippen molar-refractivity contribution in [2.24, 2.45) is 10.9 Å². The van der Waals surface area contributed by atoms with Crippen LogP contribution in [0.5, 0.6) is 0 Å². The van der Waals surface area contributed by atoms with E-state index in [-0.39, 0.29) is 0 Å². The Balaban J connectivity index is 1.49. The molecule has 0 amide bonds. The Morgan fingerprint density at radius 1 is 1.27 bits per heavy atom. The first kappa shape index (κ1) is 18.4. The van der Waals surface area contributed by atoms with Gasteiger partial charge in [-0.3, -0.25) is 9.98 Å². The zero-order valence-corrected chi connectivity index (χ0v) is 15.7. The first-order valence-electron chi connectivity index (χ1n) is 9.26. The number of aromatic nitrogens is 1. The fourth-order valence-corrected chi connectivity index (χ4v) is 2.78. The minimum absolute atomic E-state index is 0.723. The predicted molar refractivity (Wildman–Crippen MR) is 106 cm³/mol. The molecule has 0 atom stereocenters. The van der Waals surface area contributed by atoms with Gasteiger partial charge in [-0.2, -0.15) is 0 Å². The number of ether oxygens (including phenoxy) is 1. The summed E-state index contributed by atoms with van der Waals surface area (Å²) in [6.45, 7) is 3.20. The van der Waals surface area contributed by atoms with Crippen molar-refractivity contribution in [1.29, 1.82) is 0 Å². The van der Waals surface area contributed by atoms with Gasteiger partial charge in [0, 0.05) is 45.6 Å². The molecule has 3 rings (SSSR count). The molecule has 0 spiro atoms. The molecule has 0 bridgehead atoms. The molecule has 5 heteroatoms. The van der Waals surface area contributed by atoms with Gasteiger partial charge in [0.25, 0.3) is 0 Å². The Kier molecular flexibility index (Phi) is 6.61. The van der Waals surface area contributed by atoms with Gasteiger partial charge < -0.3 is 15.0 Å². The highest BCUT2D eigenvalue weighted by Gasteiger charge is 2.21. The van der Waals surface area contributed by atoms with E-state index >= 15 is 0 Å². The summed E-state index contributed by atoms with van der Waals surface area (Å²) in [5.74, 6) is 1.69. The van der Waals surface area contributed by atoms with E-state index in [1.807, 2.05) is 38.5 Å². The molecule has 1 N–H and O–H groups in total. The van der Waals surface area contributed by atoms with Crippen LogP contribution in [-0.2, 0) is 11.3 Å². The average molecular weight is 352 g/mol. The number of likely N-dealkylation sites (N-methyl/N-ethyl adjacent to an activating group) is 1. The average Bonchev–Trinajstić information content (AvgIpc) is 3.51. The van der Waals surface area contributed by atoms with Crippen molar-refractivity contribution in [3.63, 3.8) is 0 Å². The zero-order chi connectivity index (χ0) is 18.2. The van der Waals surface area contributed by atoms with E-state index in [9.17, 15) is 0 Å². The van der Waals surface area contributed by atoms with E-state index in [4.69, 9.17) is 4.74 Å². The number of nitrogens with zero attached hydrogens (tertiary/aromatic N) is 3. The molecule has 1 fully saturated rings. The van der Waals surface area contributed by atoms with Gasteiger partial charge in [0.15, 0.2) is 5.96 Å². The van der Waals surface area contributed by atoms with Gasteiger partial charge in [-0.15, -0.1) is 0 Å². The highest BCUT2D eigenvalue weighted by atomic mass is 16.5. The summed E-state index contributed by atoms with van der Waals surface area (Å²) in [5, 5.41) is 3.43. The SMILES string of the molecule is CN=C(NCc1cccc(-c2ccccn2)c1)N(C)CCOCC1CC1. The van der Waals surface area contributed by atoms with Crippen LogP contribution < -0.4 is 5.32 Å². The van der Waals surface area contributed by atoms with Gasteiger partial charge in [0.2, 0.25) is 0 Å². The van der Waals surface area contributed by atoms with Gasteiger partial charge >= 0.3 is 0 Å². The summed E-state index contributed by atoms with van der Waals surface area (Å²) < 4.78 is 5.72. The monoisotopic (exact) mass is 352 g/mol. The number of aliphatic imine (C=N–C) groups is 1. The Morgan fingerprint density at radius 2 is 2.15 bits per heavy atom. The molecule has 0 unspecified atom stereocenters. The molecule has 2 aromatic rings. The topological polar surface area (TPSA) is 49.8 Å². The predicted octanol–water partition coefficient (Wildman–Crippen LogP) is 3.18. The minimum Gasteiger partial charge on any atom is -0.379 e. The molecule has 5 nitrogen and oxygen atoms in total. The molecule has 0 radical (unpaired) electrons. The van der Waals surface area contributed by atoms with E-state index in [0.29, 0.717) is 0 Å². The van der Waals surface area contributed by atoms with Crippen molar-refractivity contribution in [3.8, 4) is 11.3 Å². The van der Waals surface area contributed by atoms with Gasteiger partial charge in [-0.05, 0) is 42.5 Å². The Bertz CT molecular complexity index is 713. The second-order valence-corrected chi connectivity index (χ2v) is 6.76. The quantitative estimate of drug-likeness (QED) is 0.450. The number of pyridine rings is 1. The Hall–Kier alpha value is -2.40. The third-order valence-corrected chi connectivity index (χ3v) is 4.53. The van der Waals surface area contributed by atoms with Gasteiger partial charge in [0.05, 0.1) is 12.3 Å². The third-order valence-electron chi connectivity index (χ3n) is 4.53. The molecule has 1 heterocycles. The van der Waals surface area contributed by atoms with Crippen LogP contribution in [0.2, 0.25) is 0 Å². The highest BCUT2D eigenvalue weighted by molar-refractivity contribution is 5.79. The van der Waals surface area contributed by atoms with Crippen LogP contribution in [0.15, 0.2) is 53.7 Å². The van der Waals surface area contributed by atoms with Crippen molar-refractivity contribution in [2.75, 3.05) is 33.9 Å². The minimum atomic E-state index is 0.723. The lowest BCUT2D eigenvalue weighted by Crippen LogP contribution is -2.40. The Labute approximate surface area is 156 Å². The largest absolute Gasteiger partial charge is 0.379 e. The molecule has 26 heavy (non-hydrogen) atoms. The van der Waals surface area contributed by atoms with Gasteiger partial charge in [-0.25, -0.2) is 0 Å². The molecule has 1 aliphatic carbocycles. The maximum absolute atomic E-state index is 5.72. The van der Waals surface area contributed by atoms with Crippen LogP contribution in [0.1, 0.15) is 18.4 Å². The molecular formula is C21H28N4O. The van der Waals surface area contributed by atoms with E-state index in [0.717, 1.165) is 49.4 Å². The number of guanidine groups is 1. The lowest BCUT2D eigenvalue weighted by Gasteiger charge is -2.22. The fourth-order valence-electron chi connectivity index (χ4n) is 2.78. The number of hydrogen-bond acceptors (Lipinski definition) is 3. The van der Waals surface area contributed by atoms with Crippen molar-refractivity contribution in [2.45, 2.75) is 19.4 Å². The lowest BCUT2D eigenvalue weighted by molar-refractivity contribution is 0.115. The molecular weight excluding hydrogens is 324 g/mol. The summed E-state index contributed by atoms with van der Waals surface area (Å²) in [6, 6.07) is 14.4. The van der Waals surface area contributed by atoms with Crippen molar-refractivity contribution in [3.05, 3.63) is 54.2 Å². The van der Waals surface area contributed by atoms with E-state index in [1.165, 1.54) is 18.4 Å². The number of hydrogen-bond donors (Lipinski definition) is 1. The lowest BCUT2D eigenvalue weighted by atomic mass is 10.1. The smallest absolute Gasteiger partial charge is 0.193 e. The van der Waals surface area contributed by atoms with E-state index in [2.05, 4.69) is 44.5 Å². The number of benzene rings is 1. The molecule has 0 aliphatic heterocycles. The highest BCUT2D eigenvalue weighted by Crippen LogP contribution is 2.28. The molecule has 1 aliphatic rings. The van der Waals surface area contributed by atoms with Crippen LogP contribution >= 0.6 is 0 Å². The second kappa shape index (κ2) is 9.34. The van der Waals surface area contributed by atoms with Gasteiger partial charge in [0.1, 0.15) is 0 Å². The summed E-state index contributed by atoms with van der Waals surface area (Å²) >= 11 is 0. The first-order chi connectivity index (χ1) is 12.8. The molecule has 138 valence electrons. The Morgan fingerprint density at radius 3 is 2.88 bits per heavy atom. The van der Waals surface area contributed by atoms with Crippen LogP contribution in [-0.4, -0.2) is 49.7 Å². The zero-order valence-electron chi connectivity index (χ0n) is 15.7. The van der Waals surface area contributed by atoms with Crippen LogP contribution in [0.4, 0.5) is 0 Å². The summed E-state index contributed by atoms with van der Waals surface area (Å²) in [6.07, 6.45) is 4.48. The maximum Gasteiger partial charge on any atom is 0.193 e. The standard InChI is InChI=1S/C21H28N4O/c1-22-21(25(2)12-13-26-16-17-9-10-17)24-15-18-6-5-7-19(14-18)20-8-3-4-11-23-20/h3-8,11,14,17H,9-10,12-13,15-16H2,1-2H3,(H,22,24). The molecule has 1 saturated carbocycles. The summed E-state index contributed by atoms with van der Waals surface area (Å²) in [7, 11) is 3.86. The van der Waals surface area contributed by atoms with E-state index in [1.54, 1.807) is 0 Å². The normalized spacial score (nSPS) is 14.3. The molecule has 1 aromatic carbocycles. The van der Waals surface area contributed by atoms with Crippen LogP contribution in [0, 0.1) is 5.92 Å². The first-order valence-corrected chi connectivity index (χ1v) is 9.26. The van der Waals surface area contributed by atoms with Crippen molar-refractivity contribution in [1.82, 2.24) is 15.2 Å². The van der Waals surface area contributed by atoms with E-state index < -0.39 is 0 Å². The van der Waals surface area contributed by atoms with Crippen molar-refractivity contribution >= 4 is 5.96 Å². The summed E-state index contributed by atoms with van der Waals surface area (Å²) in [5.41, 5.74) is 3.32. The molecule has 0 saturated heterocycles. The van der Waals surface area contributed by atoms with Gasteiger partial charge in [-0.1, -0.05) is 24.3 Å². The van der Waals surface area contributed by atoms with Crippen LogP contribution in [0.25, 0.3) is 11.3 Å². The second-order valence-electron chi connectivity index (χ2n) is 6.76. The third kappa shape index (κ3) is 5.56.